The first-order valence-electron chi connectivity index (χ1n) is 15.9. The average Bonchev–Trinajstić information content (AvgIpc) is 2.98. The van der Waals surface area contributed by atoms with Gasteiger partial charge in [-0.1, -0.05) is 96.8 Å². The Morgan fingerprint density at radius 2 is 1.38 bits per heavy atom. The molecule has 1 aliphatic rings. The van der Waals surface area contributed by atoms with Crippen molar-refractivity contribution < 1.29 is 41.9 Å². The van der Waals surface area contributed by atoms with Crippen LogP contribution in [0.1, 0.15) is 129 Å². The number of esters is 1. The van der Waals surface area contributed by atoms with Gasteiger partial charge in [0.15, 0.2) is 6.29 Å². The maximum absolute atomic E-state index is 12.4. The third-order valence-electron chi connectivity index (χ3n) is 7.12. The first-order chi connectivity index (χ1) is 19.5. The SMILES string of the molecule is CCCCCCCCCCCCCCCCCC(=O)O[C@@H](COCCOC1CCCCO1)COP(=O)(OC)OC. The van der Waals surface area contributed by atoms with E-state index in [0.29, 0.717) is 19.6 Å². The summed E-state index contributed by atoms with van der Waals surface area (Å²) in [4.78, 5) is 12.4. The summed E-state index contributed by atoms with van der Waals surface area (Å²) in [5.74, 6) is -0.316. The van der Waals surface area contributed by atoms with Crippen molar-refractivity contribution in [3.05, 3.63) is 0 Å². The summed E-state index contributed by atoms with van der Waals surface area (Å²) in [6.45, 7) is 3.61. The van der Waals surface area contributed by atoms with Crippen molar-refractivity contribution >= 4 is 13.8 Å². The number of carbonyl (C=O) groups is 1. The van der Waals surface area contributed by atoms with Crippen molar-refractivity contribution in [1.29, 1.82) is 0 Å². The second-order valence-corrected chi connectivity index (χ2v) is 12.5. The summed E-state index contributed by atoms with van der Waals surface area (Å²) in [5, 5.41) is 0. The standard InChI is InChI=1S/C30H59O9P/c1-4-5-6-7-8-9-10-11-12-13-14-15-16-17-18-21-29(31)39-28(27-38-40(32,33-2)34-3)26-35-24-25-37-30-22-19-20-23-36-30/h28,30H,4-27H2,1-3H3/t28-,30?/m0/s1. The van der Waals surface area contributed by atoms with E-state index in [1.54, 1.807) is 0 Å². The molecular weight excluding hydrogens is 535 g/mol. The van der Waals surface area contributed by atoms with E-state index in [0.717, 1.165) is 45.1 Å². The third-order valence-corrected chi connectivity index (χ3v) is 8.48. The normalized spacial score (nSPS) is 16.7. The zero-order valence-corrected chi connectivity index (χ0v) is 26.6. The molecule has 0 spiro atoms. The zero-order chi connectivity index (χ0) is 29.2. The second-order valence-electron chi connectivity index (χ2n) is 10.7. The lowest BCUT2D eigenvalue weighted by atomic mass is 10.0. The Bertz CT molecular complexity index is 620. The summed E-state index contributed by atoms with van der Waals surface area (Å²) in [6, 6.07) is 0. The highest BCUT2D eigenvalue weighted by Gasteiger charge is 2.26. The van der Waals surface area contributed by atoms with Gasteiger partial charge in [-0.2, -0.15) is 0 Å². The van der Waals surface area contributed by atoms with Crippen molar-refractivity contribution in [3.63, 3.8) is 0 Å². The molecule has 0 aliphatic carbocycles. The van der Waals surface area contributed by atoms with Crippen molar-refractivity contribution in [3.8, 4) is 0 Å². The van der Waals surface area contributed by atoms with Crippen molar-refractivity contribution in [2.24, 2.45) is 0 Å². The molecule has 0 aromatic rings. The Kier molecular flexibility index (Phi) is 24.5. The minimum Gasteiger partial charge on any atom is -0.457 e. The van der Waals surface area contributed by atoms with Gasteiger partial charge < -0.3 is 18.9 Å². The Morgan fingerprint density at radius 3 is 1.90 bits per heavy atom. The molecule has 2 atom stereocenters. The summed E-state index contributed by atoms with van der Waals surface area (Å²) in [6.07, 6.45) is 21.6. The molecule has 1 unspecified atom stereocenters. The van der Waals surface area contributed by atoms with Crippen LogP contribution in [0, 0.1) is 0 Å². The third kappa shape index (κ3) is 21.2. The molecule has 0 amide bonds. The van der Waals surface area contributed by atoms with Crippen LogP contribution in [0.2, 0.25) is 0 Å². The van der Waals surface area contributed by atoms with Gasteiger partial charge in [0.05, 0.1) is 26.4 Å². The second kappa shape index (κ2) is 26.1. The molecule has 1 aliphatic heterocycles. The van der Waals surface area contributed by atoms with Crippen molar-refractivity contribution in [1.82, 2.24) is 0 Å². The lowest BCUT2D eigenvalue weighted by molar-refractivity contribution is -0.172. The van der Waals surface area contributed by atoms with E-state index in [4.69, 9.17) is 32.5 Å². The molecule has 0 aromatic carbocycles. The fourth-order valence-corrected chi connectivity index (χ4v) is 5.36. The van der Waals surface area contributed by atoms with Gasteiger partial charge in [-0.05, 0) is 25.7 Å². The van der Waals surface area contributed by atoms with E-state index in [-0.39, 0.29) is 25.5 Å². The van der Waals surface area contributed by atoms with E-state index in [2.05, 4.69) is 6.92 Å². The maximum atomic E-state index is 12.4. The Labute approximate surface area is 244 Å². The van der Waals surface area contributed by atoms with Crippen LogP contribution < -0.4 is 0 Å². The molecule has 9 nitrogen and oxygen atoms in total. The summed E-state index contributed by atoms with van der Waals surface area (Å²) in [7, 11) is -1.21. The van der Waals surface area contributed by atoms with Crippen LogP contribution >= 0.6 is 7.82 Å². The van der Waals surface area contributed by atoms with Gasteiger partial charge in [0, 0.05) is 27.2 Å². The van der Waals surface area contributed by atoms with Gasteiger partial charge in [-0.25, -0.2) is 4.57 Å². The quantitative estimate of drug-likeness (QED) is 0.0505. The first-order valence-corrected chi connectivity index (χ1v) is 17.4. The van der Waals surface area contributed by atoms with Gasteiger partial charge in [0.2, 0.25) is 0 Å². The number of rotatable bonds is 28. The Balaban J connectivity index is 2.13. The van der Waals surface area contributed by atoms with Crippen LogP contribution in [0.15, 0.2) is 0 Å². The van der Waals surface area contributed by atoms with Crippen LogP contribution in [0.5, 0.6) is 0 Å². The predicted octanol–water partition coefficient (Wildman–Crippen LogP) is 8.14. The smallest absolute Gasteiger partial charge is 0.457 e. The monoisotopic (exact) mass is 594 g/mol. The first kappa shape index (κ1) is 37.5. The lowest BCUT2D eigenvalue weighted by Gasteiger charge is -2.23. The van der Waals surface area contributed by atoms with E-state index in [9.17, 15) is 9.36 Å². The van der Waals surface area contributed by atoms with Gasteiger partial charge in [0.1, 0.15) is 6.10 Å². The molecule has 40 heavy (non-hydrogen) atoms. The van der Waals surface area contributed by atoms with Crippen molar-refractivity contribution in [2.45, 2.75) is 141 Å². The summed E-state index contributed by atoms with van der Waals surface area (Å²) >= 11 is 0. The molecule has 1 rings (SSSR count). The molecule has 10 heteroatoms. The minimum absolute atomic E-state index is 0.0902. The van der Waals surface area contributed by atoms with E-state index >= 15 is 0 Å². The number of carbonyl (C=O) groups excluding carboxylic acids is 1. The molecule has 1 heterocycles. The van der Waals surface area contributed by atoms with Gasteiger partial charge >= 0.3 is 13.8 Å². The molecule has 0 N–H and O–H groups in total. The van der Waals surface area contributed by atoms with Crippen LogP contribution in [-0.2, 0) is 41.9 Å². The van der Waals surface area contributed by atoms with E-state index in [1.165, 1.54) is 91.3 Å². The summed E-state index contributed by atoms with van der Waals surface area (Å²) < 4.78 is 49.5. The average molecular weight is 595 g/mol. The van der Waals surface area contributed by atoms with Crippen molar-refractivity contribution in [2.75, 3.05) is 47.3 Å². The number of phosphoric ester groups is 1. The molecule has 238 valence electrons. The fraction of sp³-hybridized carbons (Fsp3) is 0.967. The number of ether oxygens (including phenoxy) is 4. The van der Waals surface area contributed by atoms with E-state index in [1.807, 2.05) is 0 Å². The van der Waals surface area contributed by atoms with Gasteiger partial charge in [0.25, 0.3) is 0 Å². The minimum atomic E-state index is -3.68. The number of hydrogen-bond acceptors (Lipinski definition) is 9. The molecule has 1 saturated heterocycles. The molecular formula is C30H59O9P. The van der Waals surface area contributed by atoms with Gasteiger partial charge in [-0.3, -0.25) is 18.4 Å². The number of phosphoric acid groups is 1. The number of unbranched alkanes of at least 4 members (excludes halogenated alkanes) is 14. The zero-order valence-electron chi connectivity index (χ0n) is 25.7. The Morgan fingerprint density at radius 1 is 0.800 bits per heavy atom. The van der Waals surface area contributed by atoms with Crippen LogP contribution in [0.25, 0.3) is 0 Å². The fourth-order valence-electron chi connectivity index (χ4n) is 4.65. The predicted molar refractivity (Wildman–Crippen MR) is 157 cm³/mol. The lowest BCUT2D eigenvalue weighted by Crippen LogP contribution is -2.29. The van der Waals surface area contributed by atoms with E-state index < -0.39 is 13.9 Å². The maximum Gasteiger partial charge on any atom is 0.474 e. The molecule has 0 bridgehead atoms. The highest BCUT2D eigenvalue weighted by atomic mass is 31.2. The van der Waals surface area contributed by atoms with Crippen LogP contribution in [0.3, 0.4) is 0 Å². The molecule has 0 saturated carbocycles. The molecule has 0 aromatic heterocycles. The topological polar surface area (TPSA) is 98.8 Å². The van der Waals surface area contributed by atoms with Crippen LogP contribution in [-0.4, -0.2) is 65.6 Å². The highest BCUT2D eigenvalue weighted by molar-refractivity contribution is 7.48. The highest BCUT2D eigenvalue weighted by Crippen LogP contribution is 2.47. The molecule has 1 fully saturated rings. The Hall–Kier alpha value is -0.540. The molecule has 0 radical (unpaired) electrons. The number of hydrogen-bond donors (Lipinski definition) is 0. The summed E-state index contributed by atoms with van der Waals surface area (Å²) in [5.41, 5.74) is 0. The largest absolute Gasteiger partial charge is 0.474 e. The van der Waals surface area contributed by atoms with Crippen LogP contribution in [0.4, 0.5) is 0 Å². The van der Waals surface area contributed by atoms with Gasteiger partial charge in [-0.15, -0.1) is 0 Å².